The van der Waals surface area contributed by atoms with E-state index in [1.807, 2.05) is 50.2 Å². The lowest BCUT2D eigenvalue weighted by molar-refractivity contribution is -0.115. The van der Waals surface area contributed by atoms with Crippen LogP contribution in [0.4, 0.5) is 5.69 Å². The third kappa shape index (κ3) is 6.28. The Labute approximate surface area is 207 Å². The molecule has 0 fully saturated rings. The second kappa shape index (κ2) is 10.9. The first-order chi connectivity index (χ1) is 16.9. The van der Waals surface area contributed by atoms with Gasteiger partial charge in [-0.15, -0.1) is 11.3 Å². The van der Waals surface area contributed by atoms with E-state index in [4.69, 9.17) is 4.74 Å². The molecule has 1 heterocycles. The topological polar surface area (TPSA) is 85.4 Å². The molecule has 6 nitrogen and oxygen atoms in total. The molecule has 0 aliphatic heterocycles. The van der Waals surface area contributed by atoms with E-state index in [9.17, 15) is 14.4 Å². The highest BCUT2D eigenvalue weighted by molar-refractivity contribution is 7.09. The van der Waals surface area contributed by atoms with Crippen molar-refractivity contribution in [3.8, 4) is 0 Å². The summed E-state index contributed by atoms with van der Waals surface area (Å²) in [4.78, 5) is 42.4. The van der Waals surface area contributed by atoms with Crippen LogP contribution in [0.5, 0.6) is 0 Å². The Bertz CT molecular complexity index is 1360. The highest BCUT2D eigenvalue weighted by atomic mass is 32.1. The fraction of sp³-hybridized carbons (Fsp3) is 0.143. The number of hydrogen-bond acceptors (Lipinski definition) is 6. The molecule has 1 N–H and O–H groups in total. The third-order valence-corrected chi connectivity index (χ3v) is 6.20. The minimum Gasteiger partial charge on any atom is -0.456 e. The molecule has 4 rings (SSSR count). The van der Waals surface area contributed by atoms with Crippen molar-refractivity contribution in [3.05, 3.63) is 117 Å². The molecule has 0 saturated heterocycles. The zero-order valence-corrected chi connectivity index (χ0v) is 20.2. The number of aromatic nitrogens is 1. The summed E-state index contributed by atoms with van der Waals surface area (Å²) in [5.41, 5.74) is 4.42. The molecule has 0 bridgehead atoms. The number of anilines is 1. The molecule has 35 heavy (non-hydrogen) atoms. The van der Waals surface area contributed by atoms with Gasteiger partial charge in [0.2, 0.25) is 5.91 Å². The van der Waals surface area contributed by atoms with E-state index in [0.717, 1.165) is 16.8 Å². The summed E-state index contributed by atoms with van der Waals surface area (Å²) in [6, 6.07) is 21.3. The number of aryl methyl sites for hydroxylation is 2. The minimum absolute atomic E-state index is 0.0536. The number of benzene rings is 3. The molecule has 0 aliphatic rings. The molecule has 0 spiro atoms. The van der Waals surface area contributed by atoms with E-state index >= 15 is 0 Å². The lowest BCUT2D eigenvalue weighted by Crippen LogP contribution is -2.14. The number of ketones is 1. The first kappa shape index (κ1) is 24.0. The lowest BCUT2D eigenvalue weighted by Gasteiger charge is -2.09. The van der Waals surface area contributed by atoms with Gasteiger partial charge in [-0.1, -0.05) is 65.7 Å². The normalized spacial score (nSPS) is 10.6. The SMILES string of the molecule is Cc1ccc(NC(=O)Cc2nc(COC(=O)c3ccccc3C(=O)c3ccc(C)cc3)cs2)cc1. The van der Waals surface area contributed by atoms with E-state index in [-0.39, 0.29) is 35.8 Å². The predicted octanol–water partition coefficient (Wildman–Crippen LogP) is 5.53. The van der Waals surface area contributed by atoms with Gasteiger partial charge in [0, 0.05) is 22.2 Å². The Balaban J connectivity index is 1.36. The molecule has 4 aromatic rings. The summed E-state index contributed by atoms with van der Waals surface area (Å²) in [5, 5.41) is 5.22. The minimum atomic E-state index is -0.604. The number of rotatable bonds is 8. The quantitative estimate of drug-likeness (QED) is 0.263. The highest BCUT2D eigenvalue weighted by Crippen LogP contribution is 2.18. The molecule has 3 aromatic carbocycles. The van der Waals surface area contributed by atoms with E-state index in [0.29, 0.717) is 16.3 Å². The first-order valence-corrected chi connectivity index (χ1v) is 11.9. The van der Waals surface area contributed by atoms with Gasteiger partial charge in [-0.05, 0) is 32.0 Å². The van der Waals surface area contributed by atoms with Crippen LogP contribution in [-0.4, -0.2) is 22.6 Å². The Morgan fingerprint density at radius 3 is 2.17 bits per heavy atom. The number of nitrogens with zero attached hydrogens (tertiary/aromatic N) is 1. The van der Waals surface area contributed by atoms with E-state index in [2.05, 4.69) is 10.3 Å². The van der Waals surface area contributed by atoms with Gasteiger partial charge in [-0.3, -0.25) is 9.59 Å². The number of thiazole rings is 1. The fourth-order valence-electron chi connectivity index (χ4n) is 3.41. The van der Waals surface area contributed by atoms with Gasteiger partial charge in [0.1, 0.15) is 11.6 Å². The molecule has 1 amide bonds. The Morgan fingerprint density at radius 1 is 0.857 bits per heavy atom. The number of esters is 1. The van der Waals surface area contributed by atoms with E-state index in [1.54, 1.807) is 41.8 Å². The fourth-order valence-corrected chi connectivity index (χ4v) is 4.19. The van der Waals surface area contributed by atoms with Gasteiger partial charge in [-0.25, -0.2) is 9.78 Å². The van der Waals surface area contributed by atoms with Crippen LogP contribution in [0.2, 0.25) is 0 Å². The first-order valence-electron chi connectivity index (χ1n) is 11.1. The molecule has 0 aliphatic carbocycles. The van der Waals surface area contributed by atoms with Gasteiger partial charge >= 0.3 is 5.97 Å². The number of nitrogens with one attached hydrogen (secondary N) is 1. The molecular weight excluding hydrogens is 460 g/mol. The van der Waals surface area contributed by atoms with Gasteiger partial charge < -0.3 is 10.1 Å². The number of carbonyl (C=O) groups excluding carboxylic acids is 3. The Hall–Kier alpha value is -4.10. The summed E-state index contributed by atoms with van der Waals surface area (Å²) in [6.07, 6.45) is 0.125. The smallest absolute Gasteiger partial charge is 0.339 e. The van der Waals surface area contributed by atoms with Crippen molar-refractivity contribution in [1.29, 1.82) is 0 Å². The monoisotopic (exact) mass is 484 g/mol. The Kier molecular flexibility index (Phi) is 7.48. The summed E-state index contributed by atoms with van der Waals surface area (Å²) >= 11 is 1.33. The highest BCUT2D eigenvalue weighted by Gasteiger charge is 2.19. The molecule has 0 atom stereocenters. The van der Waals surface area contributed by atoms with Crippen LogP contribution in [0.25, 0.3) is 0 Å². The molecule has 176 valence electrons. The Morgan fingerprint density at radius 2 is 1.49 bits per heavy atom. The van der Waals surface area contributed by atoms with Crippen molar-refractivity contribution in [1.82, 2.24) is 4.98 Å². The van der Waals surface area contributed by atoms with Gasteiger partial charge in [0.25, 0.3) is 0 Å². The maximum Gasteiger partial charge on any atom is 0.339 e. The van der Waals surface area contributed by atoms with Crippen LogP contribution in [0, 0.1) is 13.8 Å². The standard InChI is InChI=1S/C28H24N2O4S/c1-18-7-11-20(12-8-18)27(32)23-5-3-4-6-24(23)28(33)34-16-22-17-35-26(30-22)15-25(31)29-21-13-9-19(2)10-14-21/h3-14,17H,15-16H2,1-2H3,(H,29,31). The van der Waals surface area contributed by atoms with Crippen molar-refractivity contribution in [2.75, 3.05) is 5.32 Å². The van der Waals surface area contributed by atoms with Crippen LogP contribution in [0.15, 0.2) is 78.2 Å². The lowest BCUT2D eigenvalue weighted by atomic mass is 9.98. The van der Waals surface area contributed by atoms with Gasteiger partial charge in [-0.2, -0.15) is 0 Å². The number of ether oxygens (including phenoxy) is 1. The maximum atomic E-state index is 13.0. The van der Waals surface area contributed by atoms with Crippen LogP contribution < -0.4 is 5.32 Å². The van der Waals surface area contributed by atoms with Crippen molar-refractivity contribution in [2.45, 2.75) is 26.9 Å². The third-order valence-electron chi connectivity index (χ3n) is 5.30. The number of hydrogen-bond donors (Lipinski definition) is 1. The van der Waals surface area contributed by atoms with E-state index in [1.165, 1.54) is 11.3 Å². The number of amides is 1. The maximum absolute atomic E-state index is 13.0. The summed E-state index contributed by atoms with van der Waals surface area (Å²) in [5.74, 6) is -1.02. The van der Waals surface area contributed by atoms with Gasteiger partial charge in [0.15, 0.2) is 5.78 Å². The average Bonchev–Trinajstić information content (AvgIpc) is 3.31. The van der Waals surface area contributed by atoms with Crippen LogP contribution in [-0.2, 0) is 22.6 Å². The van der Waals surface area contributed by atoms with Crippen molar-refractivity contribution in [3.63, 3.8) is 0 Å². The van der Waals surface area contributed by atoms with Crippen molar-refractivity contribution in [2.24, 2.45) is 0 Å². The second-order valence-corrected chi connectivity index (χ2v) is 9.08. The van der Waals surface area contributed by atoms with Crippen molar-refractivity contribution < 1.29 is 19.1 Å². The van der Waals surface area contributed by atoms with Gasteiger partial charge in [0.05, 0.1) is 17.7 Å². The summed E-state index contributed by atoms with van der Waals surface area (Å²) in [7, 11) is 0. The molecule has 7 heteroatoms. The van der Waals surface area contributed by atoms with Crippen molar-refractivity contribution >= 4 is 34.7 Å². The second-order valence-electron chi connectivity index (χ2n) is 8.14. The molecule has 0 saturated carbocycles. The molecule has 1 aromatic heterocycles. The zero-order chi connectivity index (χ0) is 24.8. The average molecular weight is 485 g/mol. The van der Waals surface area contributed by atoms with Crippen LogP contribution in [0.1, 0.15) is 48.1 Å². The van der Waals surface area contributed by atoms with Crippen LogP contribution in [0.3, 0.4) is 0 Å². The number of carbonyl (C=O) groups is 3. The predicted molar refractivity (Wildman–Crippen MR) is 136 cm³/mol. The summed E-state index contributed by atoms with van der Waals surface area (Å²) < 4.78 is 5.44. The van der Waals surface area contributed by atoms with E-state index < -0.39 is 5.97 Å². The summed E-state index contributed by atoms with van der Waals surface area (Å²) in [6.45, 7) is 3.87. The van der Waals surface area contributed by atoms with Crippen LogP contribution >= 0.6 is 11.3 Å². The molecule has 0 radical (unpaired) electrons. The zero-order valence-electron chi connectivity index (χ0n) is 19.4. The largest absolute Gasteiger partial charge is 0.456 e. The molecule has 0 unspecified atom stereocenters. The molecular formula is C28H24N2O4S.